The van der Waals surface area contributed by atoms with Gasteiger partial charge in [-0.05, 0) is 96.1 Å². The molecule has 4 bridgehead atoms. The molecular weight excluding hydrogens is 400 g/mol. The summed E-state index contributed by atoms with van der Waals surface area (Å²) in [4.78, 5) is 13.0. The minimum Gasteiger partial charge on any atom is -0.459 e. The molecule has 0 spiro atoms. The van der Waals surface area contributed by atoms with E-state index in [-0.39, 0.29) is 22.9 Å². The molecule has 4 aliphatic rings. The van der Waals surface area contributed by atoms with Gasteiger partial charge in [-0.25, -0.2) is 0 Å². The highest BCUT2D eigenvalue weighted by molar-refractivity contribution is 7.86. The summed E-state index contributed by atoms with van der Waals surface area (Å²) in [5.74, 6) is 1.28. The maximum absolute atomic E-state index is 12.9. The first-order chi connectivity index (χ1) is 14.0. The van der Waals surface area contributed by atoms with Crippen molar-refractivity contribution in [2.24, 2.45) is 29.1 Å². The average Bonchev–Trinajstić information content (AvgIpc) is 2.65. The molecule has 1 unspecified atom stereocenters. The molecule has 0 aromatic heterocycles. The molecular formula is C24H34O5S. The van der Waals surface area contributed by atoms with Gasteiger partial charge in [0.15, 0.2) is 0 Å². The van der Waals surface area contributed by atoms with Crippen LogP contribution < -0.4 is 0 Å². The Balaban J connectivity index is 1.38. The monoisotopic (exact) mass is 434 g/mol. The molecule has 0 aliphatic heterocycles. The van der Waals surface area contributed by atoms with Crippen LogP contribution in [0.25, 0.3) is 0 Å². The third-order valence-electron chi connectivity index (χ3n) is 7.86. The topological polar surface area (TPSA) is 69.7 Å². The SMILES string of the molecule is Cc1ccc(S(=O)(=O)OCC(C)C(=O)OC(C)(C)C23CC4CC(CC(C4)C2)C3)cc1. The molecule has 166 valence electrons. The Morgan fingerprint density at radius 1 is 1.07 bits per heavy atom. The van der Waals surface area contributed by atoms with Crippen LogP contribution in [-0.2, 0) is 23.8 Å². The van der Waals surface area contributed by atoms with Crippen LogP contribution in [-0.4, -0.2) is 26.6 Å². The summed E-state index contributed by atoms with van der Waals surface area (Å²) in [7, 11) is -3.89. The van der Waals surface area contributed by atoms with E-state index in [1.165, 1.54) is 31.4 Å². The highest BCUT2D eigenvalue weighted by atomic mass is 32.2. The van der Waals surface area contributed by atoms with E-state index in [0.717, 1.165) is 42.6 Å². The molecule has 4 aliphatic carbocycles. The predicted octanol–water partition coefficient (Wildman–Crippen LogP) is 4.87. The molecule has 1 aromatic rings. The standard InChI is InChI=1S/C24H34O5S/c1-16-5-7-21(8-6-16)30(26,27)28-15-17(2)22(25)29-23(3,4)24-12-18-9-19(13-24)11-20(10-18)14-24/h5-8,17-20H,9-15H2,1-4H3. The van der Waals surface area contributed by atoms with Crippen molar-refractivity contribution in [3.63, 3.8) is 0 Å². The minimum atomic E-state index is -3.89. The number of carbonyl (C=O) groups is 1. The lowest BCUT2D eigenvalue weighted by atomic mass is 9.46. The maximum atomic E-state index is 12.9. The number of hydrogen-bond acceptors (Lipinski definition) is 5. The number of benzene rings is 1. The van der Waals surface area contributed by atoms with Gasteiger partial charge in [0.25, 0.3) is 10.1 Å². The van der Waals surface area contributed by atoms with Crippen molar-refractivity contribution in [2.45, 2.75) is 76.7 Å². The van der Waals surface area contributed by atoms with E-state index in [9.17, 15) is 13.2 Å². The Morgan fingerprint density at radius 2 is 1.57 bits per heavy atom. The first-order valence-electron chi connectivity index (χ1n) is 11.2. The predicted molar refractivity (Wildman–Crippen MR) is 114 cm³/mol. The smallest absolute Gasteiger partial charge is 0.311 e. The van der Waals surface area contributed by atoms with Gasteiger partial charge in [-0.2, -0.15) is 8.42 Å². The third-order valence-corrected chi connectivity index (χ3v) is 9.15. The van der Waals surface area contributed by atoms with Crippen LogP contribution >= 0.6 is 0 Å². The summed E-state index contributed by atoms with van der Waals surface area (Å²) in [6.07, 6.45) is 7.45. The molecule has 4 fully saturated rings. The first-order valence-corrected chi connectivity index (χ1v) is 12.6. The van der Waals surface area contributed by atoms with E-state index in [1.807, 2.05) is 6.92 Å². The van der Waals surface area contributed by atoms with Gasteiger partial charge in [0, 0.05) is 5.41 Å². The van der Waals surface area contributed by atoms with Crippen molar-refractivity contribution in [1.82, 2.24) is 0 Å². The molecule has 0 amide bonds. The number of carbonyl (C=O) groups excluding carboxylic acids is 1. The van der Waals surface area contributed by atoms with Crippen molar-refractivity contribution in [1.29, 1.82) is 0 Å². The second-order valence-electron chi connectivity index (χ2n) is 10.6. The normalized spacial score (nSPS) is 31.5. The summed E-state index contributed by atoms with van der Waals surface area (Å²) in [6.45, 7) is 7.44. The lowest BCUT2D eigenvalue weighted by Gasteiger charge is -2.61. The zero-order valence-corrected chi connectivity index (χ0v) is 19.3. The second kappa shape index (κ2) is 7.63. The van der Waals surface area contributed by atoms with Crippen LogP contribution in [0.4, 0.5) is 0 Å². The fraction of sp³-hybridized carbons (Fsp3) is 0.708. The van der Waals surface area contributed by atoms with E-state index in [4.69, 9.17) is 8.92 Å². The number of esters is 1. The Labute approximate surface area is 180 Å². The molecule has 0 N–H and O–H groups in total. The highest BCUT2D eigenvalue weighted by Gasteiger charge is 2.58. The Hall–Kier alpha value is -1.40. The molecule has 1 aromatic carbocycles. The lowest BCUT2D eigenvalue weighted by molar-refractivity contribution is -0.202. The van der Waals surface area contributed by atoms with Gasteiger partial charge < -0.3 is 4.74 Å². The molecule has 5 nitrogen and oxygen atoms in total. The van der Waals surface area contributed by atoms with Gasteiger partial charge in [0.1, 0.15) is 5.60 Å². The molecule has 5 rings (SSSR count). The van der Waals surface area contributed by atoms with Crippen molar-refractivity contribution in [3.05, 3.63) is 29.8 Å². The number of aryl methyl sites for hydroxylation is 1. The highest BCUT2D eigenvalue weighted by Crippen LogP contribution is 2.64. The maximum Gasteiger partial charge on any atom is 0.311 e. The van der Waals surface area contributed by atoms with Crippen molar-refractivity contribution < 1.29 is 22.1 Å². The zero-order chi connectivity index (χ0) is 21.7. The molecule has 0 heterocycles. The molecule has 30 heavy (non-hydrogen) atoms. The first kappa shape index (κ1) is 21.8. The van der Waals surface area contributed by atoms with Crippen molar-refractivity contribution in [3.8, 4) is 0 Å². The minimum absolute atomic E-state index is 0.0615. The van der Waals surface area contributed by atoms with Crippen LogP contribution in [0.3, 0.4) is 0 Å². The molecule has 4 saturated carbocycles. The Bertz CT molecular complexity index is 865. The molecule has 6 heteroatoms. The summed E-state index contributed by atoms with van der Waals surface area (Å²) in [5.41, 5.74) is 0.480. The van der Waals surface area contributed by atoms with Gasteiger partial charge in [-0.15, -0.1) is 0 Å². The average molecular weight is 435 g/mol. The number of rotatable bonds is 7. The zero-order valence-electron chi connectivity index (χ0n) is 18.5. The van der Waals surface area contributed by atoms with Gasteiger partial charge in [0.05, 0.1) is 17.4 Å². The largest absolute Gasteiger partial charge is 0.459 e. The van der Waals surface area contributed by atoms with Crippen molar-refractivity contribution >= 4 is 16.1 Å². The van der Waals surface area contributed by atoms with Crippen LogP contribution in [0.5, 0.6) is 0 Å². The van der Waals surface area contributed by atoms with E-state index >= 15 is 0 Å². The molecule has 0 saturated heterocycles. The van der Waals surface area contributed by atoms with Crippen LogP contribution in [0.15, 0.2) is 29.2 Å². The van der Waals surface area contributed by atoms with E-state index < -0.39 is 21.6 Å². The van der Waals surface area contributed by atoms with E-state index in [1.54, 1.807) is 19.1 Å². The van der Waals surface area contributed by atoms with Crippen LogP contribution in [0, 0.1) is 36.0 Å². The Kier molecular flexibility index (Phi) is 5.55. The summed E-state index contributed by atoms with van der Waals surface area (Å²) < 4.78 is 36.1. The van der Waals surface area contributed by atoms with E-state index in [2.05, 4.69) is 13.8 Å². The number of hydrogen-bond donors (Lipinski definition) is 0. The van der Waals surface area contributed by atoms with Crippen LogP contribution in [0.1, 0.15) is 64.9 Å². The molecule has 1 atom stereocenters. The quantitative estimate of drug-likeness (QED) is 0.452. The van der Waals surface area contributed by atoms with Gasteiger partial charge >= 0.3 is 5.97 Å². The van der Waals surface area contributed by atoms with Crippen LogP contribution in [0.2, 0.25) is 0 Å². The fourth-order valence-electron chi connectivity index (χ4n) is 6.34. The lowest BCUT2D eigenvalue weighted by Crippen LogP contribution is -2.57. The van der Waals surface area contributed by atoms with Gasteiger partial charge in [-0.3, -0.25) is 8.98 Å². The summed E-state index contributed by atoms with van der Waals surface area (Å²) >= 11 is 0. The fourth-order valence-corrected chi connectivity index (χ4v) is 7.33. The second-order valence-corrected chi connectivity index (χ2v) is 12.2. The third kappa shape index (κ3) is 4.05. The van der Waals surface area contributed by atoms with E-state index in [0.29, 0.717) is 0 Å². The van der Waals surface area contributed by atoms with Gasteiger partial charge in [-0.1, -0.05) is 17.7 Å². The number of ether oxygens (including phenoxy) is 1. The summed E-state index contributed by atoms with van der Waals surface area (Å²) in [5, 5.41) is 0. The molecule has 0 radical (unpaired) electrons. The van der Waals surface area contributed by atoms with Gasteiger partial charge in [0.2, 0.25) is 0 Å². The summed E-state index contributed by atoms with van der Waals surface area (Å²) in [6, 6.07) is 6.48. The Morgan fingerprint density at radius 3 is 2.07 bits per heavy atom. The van der Waals surface area contributed by atoms with Crippen molar-refractivity contribution in [2.75, 3.05) is 6.61 Å².